The molecule has 0 saturated carbocycles. The standard InChI is InChI=1S/C15H18N2O/c1-17(2)14-7-4-8-15(10-14)18-11-12-5-3-6-13(16)9-12/h3-10H,11,16H2,1-2H3. The first-order valence-electron chi connectivity index (χ1n) is 5.90. The zero-order chi connectivity index (χ0) is 13.0. The van der Waals surface area contributed by atoms with Crippen LogP contribution in [0.25, 0.3) is 0 Å². The fraction of sp³-hybridized carbons (Fsp3) is 0.200. The summed E-state index contributed by atoms with van der Waals surface area (Å²) in [6.07, 6.45) is 0. The van der Waals surface area contributed by atoms with Gasteiger partial charge in [-0.25, -0.2) is 0 Å². The van der Waals surface area contributed by atoms with Crippen LogP contribution in [-0.2, 0) is 6.61 Å². The number of rotatable bonds is 4. The maximum atomic E-state index is 5.76. The summed E-state index contributed by atoms with van der Waals surface area (Å²) in [4.78, 5) is 2.05. The minimum Gasteiger partial charge on any atom is -0.489 e. The first-order valence-corrected chi connectivity index (χ1v) is 5.90. The topological polar surface area (TPSA) is 38.5 Å². The molecule has 2 aromatic carbocycles. The van der Waals surface area contributed by atoms with Gasteiger partial charge in [-0.05, 0) is 29.8 Å². The molecule has 0 fully saturated rings. The Morgan fingerprint density at radius 2 is 1.83 bits per heavy atom. The molecule has 0 saturated heterocycles. The van der Waals surface area contributed by atoms with E-state index in [9.17, 15) is 0 Å². The van der Waals surface area contributed by atoms with Crippen LogP contribution in [0.15, 0.2) is 48.5 Å². The van der Waals surface area contributed by atoms with Gasteiger partial charge in [-0.3, -0.25) is 0 Å². The van der Waals surface area contributed by atoms with E-state index < -0.39 is 0 Å². The van der Waals surface area contributed by atoms with Crippen LogP contribution >= 0.6 is 0 Å². The van der Waals surface area contributed by atoms with E-state index in [0.717, 1.165) is 22.7 Å². The predicted molar refractivity (Wildman–Crippen MR) is 76.0 cm³/mol. The first-order chi connectivity index (χ1) is 8.65. The van der Waals surface area contributed by atoms with E-state index in [1.54, 1.807) is 0 Å². The van der Waals surface area contributed by atoms with Crippen molar-refractivity contribution in [2.45, 2.75) is 6.61 Å². The van der Waals surface area contributed by atoms with Crippen LogP contribution < -0.4 is 15.4 Å². The Bertz CT molecular complexity index is 523. The third-order valence-corrected chi connectivity index (χ3v) is 2.69. The Hall–Kier alpha value is -2.16. The van der Waals surface area contributed by atoms with Crippen molar-refractivity contribution in [2.75, 3.05) is 24.7 Å². The monoisotopic (exact) mass is 242 g/mol. The molecule has 0 aliphatic carbocycles. The van der Waals surface area contributed by atoms with E-state index in [-0.39, 0.29) is 0 Å². The van der Waals surface area contributed by atoms with E-state index in [4.69, 9.17) is 10.5 Å². The fourth-order valence-electron chi connectivity index (χ4n) is 1.70. The van der Waals surface area contributed by atoms with Crippen molar-refractivity contribution in [3.8, 4) is 5.75 Å². The van der Waals surface area contributed by atoms with Crippen LogP contribution in [0.5, 0.6) is 5.75 Å². The summed E-state index contributed by atoms with van der Waals surface area (Å²) in [6.45, 7) is 0.530. The molecular weight excluding hydrogens is 224 g/mol. The van der Waals surface area contributed by atoms with Crippen LogP contribution in [0.1, 0.15) is 5.56 Å². The Morgan fingerprint density at radius 3 is 2.56 bits per heavy atom. The smallest absolute Gasteiger partial charge is 0.121 e. The second-order valence-corrected chi connectivity index (χ2v) is 4.43. The van der Waals surface area contributed by atoms with Crippen LogP contribution in [0, 0.1) is 0 Å². The lowest BCUT2D eigenvalue weighted by molar-refractivity contribution is 0.306. The number of ether oxygens (including phenoxy) is 1. The second-order valence-electron chi connectivity index (χ2n) is 4.43. The van der Waals surface area contributed by atoms with Crippen molar-refractivity contribution >= 4 is 11.4 Å². The summed E-state index contributed by atoms with van der Waals surface area (Å²) in [5.41, 5.74) is 8.69. The number of benzene rings is 2. The third-order valence-electron chi connectivity index (χ3n) is 2.69. The van der Waals surface area contributed by atoms with Gasteiger partial charge in [-0.1, -0.05) is 18.2 Å². The molecule has 0 spiro atoms. The summed E-state index contributed by atoms with van der Waals surface area (Å²) in [5.74, 6) is 0.864. The summed E-state index contributed by atoms with van der Waals surface area (Å²) < 4.78 is 5.76. The maximum Gasteiger partial charge on any atom is 0.121 e. The Morgan fingerprint density at radius 1 is 1.06 bits per heavy atom. The maximum absolute atomic E-state index is 5.76. The molecular formula is C15H18N2O. The Labute approximate surface area is 108 Å². The zero-order valence-corrected chi connectivity index (χ0v) is 10.8. The zero-order valence-electron chi connectivity index (χ0n) is 10.8. The molecule has 18 heavy (non-hydrogen) atoms. The highest BCUT2D eigenvalue weighted by molar-refractivity contribution is 5.49. The van der Waals surface area contributed by atoms with Crippen molar-refractivity contribution in [2.24, 2.45) is 0 Å². The molecule has 2 N–H and O–H groups in total. The highest BCUT2D eigenvalue weighted by Gasteiger charge is 1.99. The van der Waals surface area contributed by atoms with Gasteiger partial charge in [0, 0.05) is 31.5 Å². The number of hydrogen-bond donors (Lipinski definition) is 1. The second kappa shape index (κ2) is 5.45. The third kappa shape index (κ3) is 3.17. The van der Waals surface area contributed by atoms with Gasteiger partial charge >= 0.3 is 0 Å². The van der Waals surface area contributed by atoms with E-state index in [1.165, 1.54) is 0 Å². The van der Waals surface area contributed by atoms with E-state index >= 15 is 0 Å². The van der Waals surface area contributed by atoms with Gasteiger partial charge < -0.3 is 15.4 Å². The lowest BCUT2D eigenvalue weighted by atomic mass is 10.2. The molecule has 0 bridgehead atoms. The largest absolute Gasteiger partial charge is 0.489 e. The Kier molecular flexibility index (Phi) is 3.72. The summed E-state index contributed by atoms with van der Waals surface area (Å²) in [6, 6.07) is 15.8. The summed E-state index contributed by atoms with van der Waals surface area (Å²) >= 11 is 0. The number of nitrogens with two attached hydrogens (primary N) is 1. The van der Waals surface area contributed by atoms with Gasteiger partial charge in [0.15, 0.2) is 0 Å². The van der Waals surface area contributed by atoms with Crippen molar-refractivity contribution in [3.05, 3.63) is 54.1 Å². The molecule has 94 valence electrons. The van der Waals surface area contributed by atoms with Gasteiger partial charge in [0.25, 0.3) is 0 Å². The molecule has 0 unspecified atom stereocenters. The van der Waals surface area contributed by atoms with Crippen LogP contribution in [0.4, 0.5) is 11.4 Å². The van der Waals surface area contributed by atoms with E-state index in [0.29, 0.717) is 6.61 Å². The van der Waals surface area contributed by atoms with Crippen LogP contribution in [0.2, 0.25) is 0 Å². The van der Waals surface area contributed by atoms with Crippen molar-refractivity contribution in [1.29, 1.82) is 0 Å². The molecule has 0 aromatic heterocycles. The van der Waals surface area contributed by atoms with E-state index in [1.807, 2.05) is 67.5 Å². The van der Waals surface area contributed by atoms with Gasteiger partial charge in [-0.15, -0.1) is 0 Å². The molecule has 0 aliphatic rings. The molecule has 0 aliphatic heterocycles. The van der Waals surface area contributed by atoms with Crippen LogP contribution in [0.3, 0.4) is 0 Å². The molecule has 3 nitrogen and oxygen atoms in total. The molecule has 0 radical (unpaired) electrons. The minimum absolute atomic E-state index is 0.530. The lowest BCUT2D eigenvalue weighted by Gasteiger charge is -2.14. The Balaban J connectivity index is 2.04. The highest BCUT2D eigenvalue weighted by atomic mass is 16.5. The number of nitrogen functional groups attached to an aromatic ring is 1. The quantitative estimate of drug-likeness (QED) is 0.838. The number of anilines is 2. The molecule has 2 rings (SSSR count). The molecule has 0 heterocycles. The van der Waals surface area contributed by atoms with Crippen molar-refractivity contribution in [1.82, 2.24) is 0 Å². The molecule has 2 aromatic rings. The average Bonchev–Trinajstić information content (AvgIpc) is 2.37. The SMILES string of the molecule is CN(C)c1cccc(OCc2cccc(N)c2)c1. The van der Waals surface area contributed by atoms with Gasteiger partial charge in [0.05, 0.1) is 0 Å². The average molecular weight is 242 g/mol. The number of nitrogens with zero attached hydrogens (tertiary/aromatic N) is 1. The predicted octanol–water partition coefficient (Wildman–Crippen LogP) is 2.91. The van der Waals surface area contributed by atoms with Gasteiger partial charge in [0.2, 0.25) is 0 Å². The lowest BCUT2D eigenvalue weighted by Crippen LogP contribution is -2.08. The normalized spacial score (nSPS) is 10.1. The summed E-state index contributed by atoms with van der Waals surface area (Å²) in [5, 5.41) is 0. The van der Waals surface area contributed by atoms with Gasteiger partial charge in [0.1, 0.15) is 12.4 Å². The number of hydrogen-bond acceptors (Lipinski definition) is 3. The fourth-order valence-corrected chi connectivity index (χ4v) is 1.70. The minimum atomic E-state index is 0.530. The summed E-state index contributed by atoms with van der Waals surface area (Å²) in [7, 11) is 4.02. The van der Waals surface area contributed by atoms with Crippen molar-refractivity contribution in [3.63, 3.8) is 0 Å². The van der Waals surface area contributed by atoms with Crippen molar-refractivity contribution < 1.29 is 4.74 Å². The van der Waals surface area contributed by atoms with Crippen LogP contribution in [-0.4, -0.2) is 14.1 Å². The highest BCUT2D eigenvalue weighted by Crippen LogP contribution is 2.20. The molecule has 0 atom stereocenters. The molecule has 0 amide bonds. The molecule has 3 heteroatoms. The first kappa shape index (κ1) is 12.3. The van der Waals surface area contributed by atoms with Gasteiger partial charge in [-0.2, -0.15) is 0 Å². The van der Waals surface area contributed by atoms with E-state index in [2.05, 4.69) is 0 Å².